The molecule has 0 unspecified atom stereocenters. The van der Waals surface area contributed by atoms with Crippen LogP contribution in [-0.4, -0.2) is 29.2 Å². The van der Waals surface area contributed by atoms with Gasteiger partial charge in [-0.15, -0.1) is 0 Å². The lowest BCUT2D eigenvalue weighted by Gasteiger charge is -2.16. The topological polar surface area (TPSA) is 58.0 Å². The number of hydrogen-bond donors (Lipinski definition) is 0. The normalized spacial score (nSPS) is 13.7. The third-order valence-electron chi connectivity index (χ3n) is 2.61. The summed E-state index contributed by atoms with van der Waals surface area (Å²) >= 11 is 0. The van der Waals surface area contributed by atoms with Gasteiger partial charge in [-0.05, 0) is 11.6 Å². The SMILES string of the molecule is CC(=O)N(C)OCc1ccc(N2C=CCC=N2)nc1. The molecular formula is C13H16N4O2. The molecule has 0 spiro atoms. The Morgan fingerprint density at radius 2 is 2.37 bits per heavy atom. The molecule has 1 amide bonds. The summed E-state index contributed by atoms with van der Waals surface area (Å²) in [7, 11) is 1.58. The van der Waals surface area contributed by atoms with Crippen LogP contribution >= 0.6 is 0 Å². The van der Waals surface area contributed by atoms with E-state index in [0.717, 1.165) is 17.8 Å². The second kappa shape index (κ2) is 6.10. The van der Waals surface area contributed by atoms with Crippen molar-refractivity contribution < 1.29 is 9.63 Å². The lowest BCUT2D eigenvalue weighted by Crippen LogP contribution is -2.23. The Morgan fingerprint density at radius 1 is 1.53 bits per heavy atom. The molecule has 2 heterocycles. The predicted octanol–water partition coefficient (Wildman–Crippen LogP) is 1.70. The van der Waals surface area contributed by atoms with E-state index < -0.39 is 0 Å². The molecule has 1 aromatic rings. The van der Waals surface area contributed by atoms with Crippen LogP contribution in [0.5, 0.6) is 0 Å². The summed E-state index contributed by atoms with van der Waals surface area (Å²) in [4.78, 5) is 20.5. The van der Waals surface area contributed by atoms with Crippen molar-refractivity contribution in [3.05, 3.63) is 36.2 Å². The number of hydrazone groups is 1. The molecule has 0 bridgehead atoms. The van der Waals surface area contributed by atoms with E-state index in [1.807, 2.05) is 30.6 Å². The minimum Gasteiger partial charge on any atom is -0.273 e. The molecule has 1 aliphatic heterocycles. The molecular weight excluding hydrogens is 244 g/mol. The average Bonchev–Trinajstić information content (AvgIpc) is 2.46. The largest absolute Gasteiger partial charge is 0.273 e. The lowest BCUT2D eigenvalue weighted by atomic mass is 10.3. The molecule has 19 heavy (non-hydrogen) atoms. The van der Waals surface area contributed by atoms with Crippen LogP contribution in [0.15, 0.2) is 35.7 Å². The van der Waals surface area contributed by atoms with Crippen molar-refractivity contribution in [1.29, 1.82) is 0 Å². The highest BCUT2D eigenvalue weighted by molar-refractivity contribution is 5.71. The maximum Gasteiger partial charge on any atom is 0.242 e. The fourth-order valence-corrected chi connectivity index (χ4v) is 1.43. The first-order chi connectivity index (χ1) is 9.16. The van der Waals surface area contributed by atoms with Crippen molar-refractivity contribution in [1.82, 2.24) is 10.0 Å². The van der Waals surface area contributed by atoms with Crippen LogP contribution in [0.2, 0.25) is 0 Å². The Labute approximate surface area is 111 Å². The molecule has 1 aliphatic rings. The number of allylic oxidation sites excluding steroid dienone is 1. The minimum absolute atomic E-state index is 0.141. The summed E-state index contributed by atoms with van der Waals surface area (Å²) in [5.41, 5.74) is 0.891. The van der Waals surface area contributed by atoms with Gasteiger partial charge in [0, 0.05) is 39.0 Å². The summed E-state index contributed by atoms with van der Waals surface area (Å²) < 4.78 is 0. The van der Waals surface area contributed by atoms with Gasteiger partial charge in [0.25, 0.3) is 0 Å². The van der Waals surface area contributed by atoms with Crippen molar-refractivity contribution in [3.8, 4) is 0 Å². The van der Waals surface area contributed by atoms with Gasteiger partial charge in [0.15, 0.2) is 5.82 Å². The van der Waals surface area contributed by atoms with Gasteiger partial charge >= 0.3 is 0 Å². The van der Waals surface area contributed by atoms with Gasteiger partial charge in [-0.3, -0.25) is 9.63 Å². The van der Waals surface area contributed by atoms with Crippen LogP contribution in [0, 0.1) is 0 Å². The summed E-state index contributed by atoms with van der Waals surface area (Å²) in [5, 5.41) is 7.11. The maximum atomic E-state index is 11.0. The van der Waals surface area contributed by atoms with Crippen LogP contribution in [-0.2, 0) is 16.2 Å². The summed E-state index contributed by atoms with van der Waals surface area (Å²) in [6, 6.07) is 3.76. The standard InChI is InChI=1S/C13H16N4O2/c1-11(18)16(2)19-10-12-5-6-13(14-9-12)17-8-4-3-7-15-17/h4-9H,3,10H2,1-2H3. The zero-order valence-electron chi connectivity index (χ0n) is 11.0. The van der Waals surface area contributed by atoms with Crippen LogP contribution in [0.1, 0.15) is 18.9 Å². The zero-order chi connectivity index (χ0) is 13.7. The number of pyridine rings is 1. The first kappa shape index (κ1) is 13.2. The number of rotatable bonds is 4. The van der Waals surface area contributed by atoms with Crippen LogP contribution in [0.4, 0.5) is 5.82 Å². The third-order valence-corrected chi connectivity index (χ3v) is 2.61. The van der Waals surface area contributed by atoms with E-state index >= 15 is 0 Å². The van der Waals surface area contributed by atoms with Gasteiger partial charge in [-0.25, -0.2) is 15.1 Å². The second-order valence-electron chi connectivity index (χ2n) is 4.08. The second-order valence-corrected chi connectivity index (χ2v) is 4.08. The number of hydroxylamine groups is 2. The summed E-state index contributed by atoms with van der Waals surface area (Å²) in [5.74, 6) is 0.605. The van der Waals surface area contributed by atoms with E-state index in [2.05, 4.69) is 10.1 Å². The molecule has 0 N–H and O–H groups in total. The predicted molar refractivity (Wildman–Crippen MR) is 72.2 cm³/mol. The summed E-state index contributed by atoms with van der Waals surface area (Å²) in [6.45, 7) is 1.75. The first-order valence-electron chi connectivity index (χ1n) is 5.97. The Bertz CT molecular complexity index is 484. The molecule has 0 saturated carbocycles. The van der Waals surface area contributed by atoms with Crippen molar-refractivity contribution in [2.45, 2.75) is 20.0 Å². The number of hydrogen-bond acceptors (Lipinski definition) is 5. The molecule has 0 atom stereocenters. The fourth-order valence-electron chi connectivity index (χ4n) is 1.43. The van der Waals surface area contributed by atoms with Crippen LogP contribution < -0.4 is 5.01 Å². The van der Waals surface area contributed by atoms with Crippen molar-refractivity contribution in [2.75, 3.05) is 12.1 Å². The van der Waals surface area contributed by atoms with E-state index in [0.29, 0.717) is 6.61 Å². The van der Waals surface area contributed by atoms with E-state index in [1.165, 1.54) is 12.0 Å². The monoisotopic (exact) mass is 260 g/mol. The smallest absolute Gasteiger partial charge is 0.242 e. The number of carbonyl (C=O) groups is 1. The number of anilines is 1. The number of amides is 1. The molecule has 2 rings (SSSR count). The third kappa shape index (κ3) is 3.62. The quantitative estimate of drug-likeness (QED) is 0.773. The van der Waals surface area contributed by atoms with Gasteiger partial charge in [-0.1, -0.05) is 12.1 Å². The molecule has 0 aliphatic carbocycles. The van der Waals surface area contributed by atoms with Gasteiger partial charge in [0.05, 0.1) is 0 Å². The fraction of sp³-hybridized carbons (Fsp3) is 0.308. The Kier molecular flexibility index (Phi) is 4.25. The van der Waals surface area contributed by atoms with Crippen LogP contribution in [0.3, 0.4) is 0 Å². The Hall–Kier alpha value is -2.21. The highest BCUT2D eigenvalue weighted by atomic mass is 16.7. The van der Waals surface area contributed by atoms with E-state index in [1.54, 1.807) is 18.3 Å². The highest BCUT2D eigenvalue weighted by Crippen LogP contribution is 2.14. The van der Waals surface area contributed by atoms with Gasteiger partial charge in [0.2, 0.25) is 5.91 Å². The first-order valence-corrected chi connectivity index (χ1v) is 5.97. The van der Waals surface area contributed by atoms with Crippen molar-refractivity contribution >= 4 is 17.9 Å². The highest BCUT2D eigenvalue weighted by Gasteiger charge is 2.06. The van der Waals surface area contributed by atoms with Crippen LogP contribution in [0.25, 0.3) is 0 Å². The molecule has 0 saturated heterocycles. The maximum absolute atomic E-state index is 11.0. The van der Waals surface area contributed by atoms with Gasteiger partial charge in [-0.2, -0.15) is 5.10 Å². The molecule has 1 aromatic heterocycles. The van der Waals surface area contributed by atoms with Gasteiger partial charge in [0.1, 0.15) is 6.61 Å². The molecule has 6 nitrogen and oxygen atoms in total. The zero-order valence-corrected chi connectivity index (χ0v) is 11.0. The average molecular weight is 260 g/mol. The lowest BCUT2D eigenvalue weighted by molar-refractivity contribution is -0.180. The molecule has 6 heteroatoms. The number of aromatic nitrogens is 1. The number of nitrogens with zero attached hydrogens (tertiary/aromatic N) is 4. The molecule has 0 fully saturated rings. The van der Waals surface area contributed by atoms with Crippen molar-refractivity contribution in [3.63, 3.8) is 0 Å². The minimum atomic E-state index is -0.141. The van der Waals surface area contributed by atoms with Gasteiger partial charge < -0.3 is 0 Å². The number of carbonyl (C=O) groups excluding carboxylic acids is 1. The Morgan fingerprint density at radius 3 is 2.95 bits per heavy atom. The van der Waals surface area contributed by atoms with E-state index in [9.17, 15) is 4.79 Å². The van der Waals surface area contributed by atoms with E-state index in [-0.39, 0.29) is 5.91 Å². The molecule has 100 valence electrons. The molecule has 0 aromatic carbocycles. The Balaban J connectivity index is 1.94. The summed E-state index contributed by atoms with van der Waals surface area (Å²) in [6.07, 6.45) is 8.26. The molecule has 0 radical (unpaired) electrons. The van der Waals surface area contributed by atoms with Crippen molar-refractivity contribution in [2.24, 2.45) is 5.10 Å². The van der Waals surface area contributed by atoms with E-state index in [4.69, 9.17) is 4.84 Å².